The van der Waals surface area contributed by atoms with Crippen LogP contribution >= 0.6 is 0 Å². The molecule has 0 aliphatic carbocycles. The molecule has 0 aromatic carbocycles. The molecule has 4 heteroatoms. The summed E-state index contributed by atoms with van der Waals surface area (Å²) in [4.78, 5) is 13.8. The molecule has 4 nitrogen and oxygen atoms in total. The van der Waals surface area contributed by atoms with Crippen LogP contribution in [0.3, 0.4) is 0 Å². The molecule has 1 rings (SSSR count). The van der Waals surface area contributed by atoms with E-state index in [9.17, 15) is 4.79 Å². The second kappa shape index (κ2) is 6.80. The van der Waals surface area contributed by atoms with Gasteiger partial charge >= 0.3 is 0 Å². The summed E-state index contributed by atoms with van der Waals surface area (Å²) in [5, 5.41) is 3.29. The van der Waals surface area contributed by atoms with Gasteiger partial charge in [-0.05, 0) is 19.4 Å². The van der Waals surface area contributed by atoms with Crippen LogP contribution in [0, 0.1) is 0 Å². The smallest absolute Gasteiger partial charge is 0.224 e. The molecule has 0 radical (unpaired) electrons. The van der Waals surface area contributed by atoms with Gasteiger partial charge in [0.2, 0.25) is 5.91 Å². The first-order valence-electron chi connectivity index (χ1n) is 5.98. The number of rotatable bonds is 4. The van der Waals surface area contributed by atoms with Gasteiger partial charge in [-0.3, -0.25) is 4.79 Å². The average molecular weight is 213 g/mol. The van der Waals surface area contributed by atoms with Crippen molar-refractivity contribution in [1.29, 1.82) is 0 Å². The van der Waals surface area contributed by atoms with Gasteiger partial charge in [-0.1, -0.05) is 13.3 Å². The van der Waals surface area contributed by atoms with Crippen molar-refractivity contribution in [3.05, 3.63) is 0 Å². The number of carbonyl (C=O) groups is 1. The van der Waals surface area contributed by atoms with Gasteiger partial charge in [-0.2, -0.15) is 0 Å². The predicted octanol–water partition coefficient (Wildman–Crippen LogP) is 0.326. The first kappa shape index (κ1) is 12.5. The van der Waals surface area contributed by atoms with E-state index in [0.717, 1.165) is 45.4 Å². The molecular weight excluding hydrogens is 190 g/mol. The lowest BCUT2D eigenvalue weighted by atomic mass is 10.1. The van der Waals surface area contributed by atoms with Gasteiger partial charge in [0.15, 0.2) is 0 Å². The molecule has 1 atom stereocenters. The molecule has 0 aromatic rings. The minimum atomic E-state index is 0.0405. The first-order chi connectivity index (χ1) is 7.24. The largest absolute Gasteiger partial charge is 0.341 e. The zero-order valence-electron chi connectivity index (χ0n) is 9.67. The predicted molar refractivity (Wildman–Crippen MR) is 61.6 cm³/mol. The lowest BCUT2D eigenvalue weighted by molar-refractivity contribution is -0.131. The third-order valence-corrected chi connectivity index (χ3v) is 2.79. The molecule has 1 heterocycles. The maximum Gasteiger partial charge on any atom is 0.224 e. The van der Waals surface area contributed by atoms with Crippen molar-refractivity contribution in [2.24, 2.45) is 5.73 Å². The van der Waals surface area contributed by atoms with Crippen LogP contribution in [0.1, 0.15) is 32.6 Å². The Balaban J connectivity index is 2.30. The van der Waals surface area contributed by atoms with E-state index in [-0.39, 0.29) is 11.9 Å². The van der Waals surface area contributed by atoms with E-state index in [1.807, 2.05) is 4.90 Å². The summed E-state index contributed by atoms with van der Waals surface area (Å²) in [5.41, 5.74) is 5.87. The fourth-order valence-corrected chi connectivity index (χ4v) is 1.92. The van der Waals surface area contributed by atoms with E-state index < -0.39 is 0 Å². The quantitative estimate of drug-likeness (QED) is 0.707. The van der Waals surface area contributed by atoms with Crippen LogP contribution in [0.15, 0.2) is 0 Å². The number of hydrogen-bond donors (Lipinski definition) is 2. The SMILES string of the molecule is CCCC(N)CC(=O)N1CCCNCC1. The van der Waals surface area contributed by atoms with Gasteiger partial charge in [-0.25, -0.2) is 0 Å². The molecule has 1 aliphatic heterocycles. The molecule has 1 fully saturated rings. The average Bonchev–Trinajstić information content (AvgIpc) is 2.45. The van der Waals surface area contributed by atoms with E-state index in [0.29, 0.717) is 6.42 Å². The fourth-order valence-electron chi connectivity index (χ4n) is 1.92. The second-order valence-electron chi connectivity index (χ2n) is 4.24. The second-order valence-corrected chi connectivity index (χ2v) is 4.24. The Morgan fingerprint density at radius 2 is 2.27 bits per heavy atom. The molecule has 0 saturated carbocycles. The first-order valence-corrected chi connectivity index (χ1v) is 5.98. The normalized spacial score (nSPS) is 19.7. The van der Waals surface area contributed by atoms with Gasteiger partial charge in [0.05, 0.1) is 0 Å². The number of amides is 1. The van der Waals surface area contributed by atoms with Crippen molar-refractivity contribution < 1.29 is 4.79 Å². The van der Waals surface area contributed by atoms with Crippen LogP contribution in [0.4, 0.5) is 0 Å². The van der Waals surface area contributed by atoms with Crippen molar-refractivity contribution in [3.63, 3.8) is 0 Å². The molecule has 0 bridgehead atoms. The summed E-state index contributed by atoms with van der Waals surface area (Å²) < 4.78 is 0. The molecule has 0 aromatic heterocycles. The molecule has 0 spiro atoms. The highest BCUT2D eigenvalue weighted by Gasteiger charge is 2.17. The highest BCUT2D eigenvalue weighted by Crippen LogP contribution is 2.04. The van der Waals surface area contributed by atoms with E-state index >= 15 is 0 Å². The highest BCUT2D eigenvalue weighted by molar-refractivity contribution is 5.76. The van der Waals surface area contributed by atoms with Crippen LogP contribution < -0.4 is 11.1 Å². The van der Waals surface area contributed by atoms with Crippen molar-refractivity contribution in [2.45, 2.75) is 38.6 Å². The Morgan fingerprint density at radius 1 is 1.47 bits per heavy atom. The lowest BCUT2D eigenvalue weighted by Gasteiger charge is -2.21. The highest BCUT2D eigenvalue weighted by atomic mass is 16.2. The van der Waals surface area contributed by atoms with Gasteiger partial charge in [0.1, 0.15) is 0 Å². The Morgan fingerprint density at radius 3 is 3.00 bits per heavy atom. The molecule has 15 heavy (non-hydrogen) atoms. The number of hydrogen-bond acceptors (Lipinski definition) is 3. The van der Waals surface area contributed by atoms with Gasteiger partial charge in [0.25, 0.3) is 0 Å². The summed E-state index contributed by atoms with van der Waals surface area (Å²) in [6.45, 7) is 5.74. The summed E-state index contributed by atoms with van der Waals surface area (Å²) in [6, 6.07) is 0.0405. The van der Waals surface area contributed by atoms with Crippen LogP contribution in [0.2, 0.25) is 0 Å². The van der Waals surface area contributed by atoms with Crippen LogP contribution in [-0.4, -0.2) is 43.0 Å². The van der Waals surface area contributed by atoms with Crippen LogP contribution in [0.25, 0.3) is 0 Å². The van der Waals surface area contributed by atoms with Gasteiger partial charge in [0, 0.05) is 32.1 Å². The summed E-state index contributed by atoms with van der Waals surface area (Å²) >= 11 is 0. The zero-order valence-corrected chi connectivity index (χ0v) is 9.67. The molecule has 1 saturated heterocycles. The summed E-state index contributed by atoms with van der Waals surface area (Å²) in [6.07, 6.45) is 3.55. The molecule has 3 N–H and O–H groups in total. The maximum absolute atomic E-state index is 11.9. The van der Waals surface area contributed by atoms with E-state index in [1.54, 1.807) is 0 Å². The Kier molecular flexibility index (Phi) is 5.65. The lowest BCUT2D eigenvalue weighted by Crippen LogP contribution is -2.37. The van der Waals surface area contributed by atoms with Gasteiger partial charge < -0.3 is 16.0 Å². The van der Waals surface area contributed by atoms with E-state index in [2.05, 4.69) is 12.2 Å². The fraction of sp³-hybridized carbons (Fsp3) is 0.909. The van der Waals surface area contributed by atoms with Crippen molar-refractivity contribution in [3.8, 4) is 0 Å². The molecule has 1 aliphatic rings. The van der Waals surface area contributed by atoms with Gasteiger partial charge in [-0.15, -0.1) is 0 Å². The number of nitrogens with zero attached hydrogens (tertiary/aromatic N) is 1. The van der Waals surface area contributed by atoms with Crippen molar-refractivity contribution >= 4 is 5.91 Å². The number of carbonyl (C=O) groups excluding carboxylic acids is 1. The Labute approximate surface area is 92.2 Å². The van der Waals surface area contributed by atoms with E-state index in [4.69, 9.17) is 5.73 Å². The van der Waals surface area contributed by atoms with Crippen molar-refractivity contribution in [1.82, 2.24) is 10.2 Å². The minimum Gasteiger partial charge on any atom is -0.341 e. The molecule has 1 amide bonds. The monoisotopic (exact) mass is 213 g/mol. The molecule has 1 unspecified atom stereocenters. The Hall–Kier alpha value is -0.610. The molecule has 88 valence electrons. The summed E-state index contributed by atoms with van der Waals surface area (Å²) in [5.74, 6) is 0.222. The standard InChI is InChI=1S/C11H23N3O/c1-2-4-10(12)9-11(15)14-7-3-5-13-6-8-14/h10,13H,2-9,12H2,1H3. The number of nitrogens with one attached hydrogen (secondary N) is 1. The Bertz CT molecular complexity index is 188. The maximum atomic E-state index is 11.9. The zero-order chi connectivity index (χ0) is 11.1. The third-order valence-electron chi connectivity index (χ3n) is 2.79. The van der Waals surface area contributed by atoms with E-state index in [1.165, 1.54) is 0 Å². The molecular formula is C11H23N3O. The van der Waals surface area contributed by atoms with Crippen molar-refractivity contribution in [2.75, 3.05) is 26.2 Å². The topological polar surface area (TPSA) is 58.4 Å². The number of nitrogens with two attached hydrogens (primary N) is 1. The summed E-state index contributed by atoms with van der Waals surface area (Å²) in [7, 11) is 0. The minimum absolute atomic E-state index is 0.0405. The third kappa shape index (κ3) is 4.62. The van der Waals surface area contributed by atoms with Crippen LogP contribution in [-0.2, 0) is 4.79 Å². The van der Waals surface area contributed by atoms with Crippen LogP contribution in [0.5, 0.6) is 0 Å².